The van der Waals surface area contributed by atoms with Gasteiger partial charge in [0, 0.05) is 25.7 Å². The molecule has 5 atom stereocenters. The van der Waals surface area contributed by atoms with Crippen molar-refractivity contribution < 1.29 is 28.9 Å². The van der Waals surface area contributed by atoms with Gasteiger partial charge in [0.25, 0.3) is 0 Å². The van der Waals surface area contributed by atoms with Crippen LogP contribution >= 0.6 is 0 Å². The van der Waals surface area contributed by atoms with Crippen molar-refractivity contribution in [2.75, 3.05) is 0 Å². The maximum absolute atomic E-state index is 11.8. The molecule has 3 fully saturated rings. The van der Waals surface area contributed by atoms with Crippen molar-refractivity contribution in [1.82, 2.24) is 0 Å². The first kappa shape index (κ1) is 17.7. The molecule has 24 heavy (non-hydrogen) atoms. The predicted molar refractivity (Wildman–Crippen MR) is 85.2 cm³/mol. The van der Waals surface area contributed by atoms with Gasteiger partial charge < -0.3 is 19.3 Å². The molecule has 6 nitrogen and oxygen atoms in total. The fraction of sp³-hybridized carbons (Fsp3) is 0.889. The summed E-state index contributed by atoms with van der Waals surface area (Å²) in [6.45, 7) is 0. The lowest BCUT2D eigenvalue weighted by Gasteiger charge is -2.25. The average molecular weight is 340 g/mol. The standard InChI is InChI=1S/C18H28O6/c19-12-4-3-5-13(10-12)22-17(20)6-1-2-7-18(21)23-14-8-9-15-16(11-14)24-15/h12-16,19H,1-11H2. The maximum atomic E-state index is 11.8. The first-order valence-corrected chi connectivity index (χ1v) is 9.32. The van der Waals surface area contributed by atoms with E-state index in [1.165, 1.54) is 0 Å². The topological polar surface area (TPSA) is 85.4 Å². The fourth-order valence-electron chi connectivity index (χ4n) is 3.73. The van der Waals surface area contributed by atoms with Gasteiger partial charge in [0.05, 0.1) is 18.3 Å². The molecule has 1 N–H and O–H groups in total. The number of carbonyl (C=O) groups excluding carboxylic acids is 2. The fourth-order valence-corrected chi connectivity index (χ4v) is 3.73. The smallest absolute Gasteiger partial charge is 0.306 e. The third-order valence-corrected chi connectivity index (χ3v) is 5.16. The number of fused-ring (bicyclic) bond motifs is 1. The van der Waals surface area contributed by atoms with Crippen LogP contribution in [0, 0.1) is 0 Å². The highest BCUT2D eigenvalue weighted by Crippen LogP contribution is 2.37. The van der Waals surface area contributed by atoms with E-state index in [-0.39, 0.29) is 30.3 Å². The Morgan fingerprint density at radius 3 is 2.17 bits per heavy atom. The second-order valence-electron chi connectivity index (χ2n) is 7.28. The number of epoxide rings is 1. The van der Waals surface area contributed by atoms with Crippen LogP contribution in [0.5, 0.6) is 0 Å². The summed E-state index contributed by atoms with van der Waals surface area (Å²) >= 11 is 0. The zero-order chi connectivity index (χ0) is 16.9. The van der Waals surface area contributed by atoms with Crippen LogP contribution in [0.3, 0.4) is 0 Å². The Morgan fingerprint density at radius 2 is 1.54 bits per heavy atom. The molecule has 1 saturated heterocycles. The largest absolute Gasteiger partial charge is 0.462 e. The second kappa shape index (κ2) is 8.30. The van der Waals surface area contributed by atoms with E-state index in [0.717, 1.165) is 38.5 Å². The summed E-state index contributed by atoms with van der Waals surface area (Å²) in [5.41, 5.74) is 0. The molecular weight excluding hydrogens is 312 g/mol. The van der Waals surface area contributed by atoms with E-state index in [1.807, 2.05) is 0 Å². The minimum atomic E-state index is -0.345. The van der Waals surface area contributed by atoms with Crippen molar-refractivity contribution in [3.05, 3.63) is 0 Å². The summed E-state index contributed by atoms with van der Waals surface area (Å²) in [4.78, 5) is 23.6. The van der Waals surface area contributed by atoms with E-state index in [9.17, 15) is 14.7 Å². The molecule has 3 aliphatic rings. The zero-order valence-electron chi connectivity index (χ0n) is 14.2. The van der Waals surface area contributed by atoms with Crippen molar-refractivity contribution in [2.45, 2.75) is 101 Å². The van der Waals surface area contributed by atoms with Crippen LogP contribution in [0.4, 0.5) is 0 Å². The van der Waals surface area contributed by atoms with Crippen molar-refractivity contribution in [1.29, 1.82) is 0 Å². The number of esters is 2. The highest BCUT2D eigenvalue weighted by atomic mass is 16.6. The number of hydrogen-bond acceptors (Lipinski definition) is 6. The Kier molecular flexibility index (Phi) is 6.11. The molecular formula is C18H28O6. The van der Waals surface area contributed by atoms with E-state index in [1.54, 1.807) is 0 Å². The molecule has 0 amide bonds. The van der Waals surface area contributed by atoms with Crippen LogP contribution in [-0.2, 0) is 23.8 Å². The Bertz CT molecular complexity index is 429. The molecule has 0 aromatic carbocycles. The molecule has 1 heterocycles. The van der Waals surface area contributed by atoms with Crippen molar-refractivity contribution in [3.8, 4) is 0 Å². The molecule has 2 aliphatic carbocycles. The molecule has 3 rings (SSSR count). The van der Waals surface area contributed by atoms with Gasteiger partial charge in [-0.2, -0.15) is 0 Å². The van der Waals surface area contributed by atoms with E-state index in [4.69, 9.17) is 14.2 Å². The Morgan fingerprint density at radius 1 is 0.875 bits per heavy atom. The highest BCUT2D eigenvalue weighted by molar-refractivity contribution is 5.70. The number of ether oxygens (including phenoxy) is 3. The van der Waals surface area contributed by atoms with E-state index in [0.29, 0.717) is 44.3 Å². The van der Waals surface area contributed by atoms with Crippen LogP contribution in [0.1, 0.15) is 70.6 Å². The summed E-state index contributed by atoms with van der Waals surface area (Å²) in [5.74, 6) is -0.408. The van der Waals surface area contributed by atoms with Gasteiger partial charge >= 0.3 is 11.9 Å². The minimum Gasteiger partial charge on any atom is -0.462 e. The molecule has 2 saturated carbocycles. The van der Waals surface area contributed by atoms with Gasteiger partial charge in [0.15, 0.2) is 0 Å². The van der Waals surface area contributed by atoms with Crippen molar-refractivity contribution in [2.24, 2.45) is 0 Å². The number of rotatable bonds is 7. The molecule has 0 bridgehead atoms. The molecule has 6 heteroatoms. The van der Waals surface area contributed by atoms with E-state index < -0.39 is 0 Å². The normalized spacial score (nSPS) is 35.0. The van der Waals surface area contributed by atoms with Crippen LogP contribution < -0.4 is 0 Å². The molecule has 0 aromatic rings. The molecule has 0 spiro atoms. The van der Waals surface area contributed by atoms with Crippen LogP contribution in [0.15, 0.2) is 0 Å². The maximum Gasteiger partial charge on any atom is 0.306 e. The third kappa shape index (κ3) is 5.45. The first-order valence-electron chi connectivity index (χ1n) is 9.32. The van der Waals surface area contributed by atoms with Crippen molar-refractivity contribution >= 4 is 11.9 Å². The lowest BCUT2D eigenvalue weighted by atomic mass is 9.95. The number of carbonyl (C=O) groups is 2. The molecule has 136 valence electrons. The molecule has 0 aromatic heterocycles. The zero-order valence-corrected chi connectivity index (χ0v) is 14.2. The van der Waals surface area contributed by atoms with Crippen LogP contribution in [0.25, 0.3) is 0 Å². The Balaban J connectivity index is 1.22. The number of aliphatic hydroxyl groups excluding tert-OH is 1. The Labute approximate surface area is 142 Å². The monoisotopic (exact) mass is 340 g/mol. The minimum absolute atomic E-state index is 0.00365. The number of aliphatic hydroxyl groups is 1. The predicted octanol–water partition coefficient (Wildman–Crippen LogP) is 2.26. The van der Waals surface area contributed by atoms with Crippen molar-refractivity contribution in [3.63, 3.8) is 0 Å². The summed E-state index contributed by atoms with van der Waals surface area (Å²) in [6, 6.07) is 0. The average Bonchev–Trinajstić information content (AvgIpc) is 3.30. The SMILES string of the molecule is O=C(CCCCC(=O)OC1CCC2OC2C1)OC1CCCC(O)C1. The third-order valence-electron chi connectivity index (χ3n) is 5.16. The van der Waals surface area contributed by atoms with Gasteiger partial charge in [0.2, 0.25) is 0 Å². The Hall–Kier alpha value is -1.14. The molecule has 5 unspecified atom stereocenters. The summed E-state index contributed by atoms with van der Waals surface area (Å²) in [6.07, 6.45) is 7.96. The highest BCUT2D eigenvalue weighted by Gasteiger charge is 2.44. The summed E-state index contributed by atoms with van der Waals surface area (Å²) < 4.78 is 16.3. The number of unbranched alkanes of at least 4 members (excludes halogenated alkanes) is 1. The van der Waals surface area contributed by atoms with Gasteiger partial charge in [-0.05, 0) is 44.9 Å². The van der Waals surface area contributed by atoms with Gasteiger partial charge in [-0.1, -0.05) is 0 Å². The lowest BCUT2D eigenvalue weighted by molar-refractivity contribution is -0.153. The van der Waals surface area contributed by atoms with Gasteiger partial charge in [-0.3, -0.25) is 9.59 Å². The van der Waals surface area contributed by atoms with Crippen LogP contribution in [0.2, 0.25) is 0 Å². The van der Waals surface area contributed by atoms with E-state index in [2.05, 4.69) is 0 Å². The molecule has 0 radical (unpaired) electrons. The lowest BCUT2D eigenvalue weighted by Crippen LogP contribution is -2.28. The van der Waals surface area contributed by atoms with Crippen LogP contribution in [-0.4, -0.2) is 47.6 Å². The van der Waals surface area contributed by atoms with E-state index >= 15 is 0 Å². The molecule has 1 aliphatic heterocycles. The van der Waals surface area contributed by atoms with Gasteiger partial charge in [-0.15, -0.1) is 0 Å². The van der Waals surface area contributed by atoms with Gasteiger partial charge in [0.1, 0.15) is 12.2 Å². The van der Waals surface area contributed by atoms with Gasteiger partial charge in [-0.25, -0.2) is 0 Å². The quantitative estimate of drug-likeness (QED) is 0.435. The second-order valence-corrected chi connectivity index (χ2v) is 7.28. The first-order chi connectivity index (χ1) is 11.6. The number of hydrogen-bond donors (Lipinski definition) is 1. The summed E-state index contributed by atoms with van der Waals surface area (Å²) in [5, 5.41) is 9.57. The summed E-state index contributed by atoms with van der Waals surface area (Å²) in [7, 11) is 0.